The maximum atomic E-state index is 5.69. The minimum absolute atomic E-state index is 0.167. The number of hydrogen-bond donors (Lipinski definition) is 1. The molecule has 0 fully saturated rings. The molecule has 0 radical (unpaired) electrons. The van der Waals surface area contributed by atoms with E-state index in [2.05, 4.69) is 15.3 Å². The molecule has 1 aromatic rings. The van der Waals surface area contributed by atoms with E-state index < -0.39 is 0 Å². The molecule has 15 heavy (non-hydrogen) atoms. The first kappa shape index (κ1) is 10.4. The number of nitrogens with zero attached hydrogens (tertiary/aromatic N) is 2. The largest absolute Gasteiger partial charge is 0.475 e. The van der Waals surface area contributed by atoms with Crippen LogP contribution in [0.1, 0.15) is 25.1 Å². The minimum Gasteiger partial charge on any atom is -0.475 e. The van der Waals surface area contributed by atoms with Crippen molar-refractivity contribution in [3.05, 3.63) is 17.6 Å². The van der Waals surface area contributed by atoms with Crippen LogP contribution in [0.2, 0.25) is 0 Å². The summed E-state index contributed by atoms with van der Waals surface area (Å²) in [5.74, 6) is 0.763. The van der Waals surface area contributed by atoms with Gasteiger partial charge in [-0.2, -0.15) is 0 Å². The van der Waals surface area contributed by atoms with Crippen LogP contribution >= 0.6 is 0 Å². The highest BCUT2D eigenvalue weighted by molar-refractivity contribution is 5.31. The molecule has 1 aliphatic rings. The molecule has 1 aromatic heterocycles. The predicted octanol–water partition coefficient (Wildman–Crippen LogP) is 0.952. The summed E-state index contributed by atoms with van der Waals surface area (Å²) in [6.07, 6.45) is 3.69. The summed E-state index contributed by atoms with van der Waals surface area (Å²) in [6, 6.07) is 0. The van der Waals surface area contributed by atoms with Gasteiger partial charge < -0.3 is 10.1 Å². The second-order valence-electron chi connectivity index (χ2n) is 4.02. The Morgan fingerprint density at radius 1 is 1.27 bits per heavy atom. The normalized spacial score (nSPS) is 15.9. The highest BCUT2D eigenvalue weighted by Crippen LogP contribution is 2.20. The Balaban J connectivity index is 2.30. The maximum absolute atomic E-state index is 5.69. The average Bonchev–Trinajstić information content (AvgIpc) is 2.42. The van der Waals surface area contributed by atoms with Gasteiger partial charge in [0.05, 0.1) is 11.8 Å². The van der Waals surface area contributed by atoms with E-state index in [-0.39, 0.29) is 6.10 Å². The van der Waals surface area contributed by atoms with Gasteiger partial charge in [0.1, 0.15) is 6.33 Å². The van der Waals surface area contributed by atoms with Gasteiger partial charge >= 0.3 is 0 Å². The molecule has 0 aromatic carbocycles. The predicted molar refractivity (Wildman–Crippen MR) is 58.1 cm³/mol. The van der Waals surface area contributed by atoms with Crippen LogP contribution < -0.4 is 10.1 Å². The van der Waals surface area contributed by atoms with E-state index in [0.29, 0.717) is 0 Å². The second kappa shape index (κ2) is 4.57. The summed E-state index contributed by atoms with van der Waals surface area (Å²) >= 11 is 0. The molecule has 0 amide bonds. The molecule has 4 heteroatoms. The third-order valence-corrected chi connectivity index (χ3v) is 2.43. The molecule has 2 heterocycles. The molecule has 0 spiro atoms. The molecule has 0 saturated heterocycles. The van der Waals surface area contributed by atoms with E-state index >= 15 is 0 Å². The number of nitrogens with one attached hydrogen (secondary N) is 1. The summed E-state index contributed by atoms with van der Waals surface area (Å²) in [4.78, 5) is 8.53. The molecule has 0 aliphatic carbocycles. The van der Waals surface area contributed by atoms with E-state index in [1.54, 1.807) is 6.33 Å². The standard InChI is InChI=1S/C11H17N3O/c1-8(2)15-11-9-3-5-12-6-4-10(9)13-7-14-11/h7-8,12H,3-6H2,1-2H3. The van der Waals surface area contributed by atoms with Crippen LogP contribution in [0, 0.1) is 0 Å². The Labute approximate surface area is 90.1 Å². The van der Waals surface area contributed by atoms with Crippen molar-refractivity contribution in [1.82, 2.24) is 15.3 Å². The Kier molecular flexibility index (Phi) is 3.16. The third-order valence-electron chi connectivity index (χ3n) is 2.43. The first-order chi connectivity index (χ1) is 7.27. The lowest BCUT2D eigenvalue weighted by molar-refractivity contribution is 0.229. The zero-order valence-corrected chi connectivity index (χ0v) is 9.29. The van der Waals surface area contributed by atoms with Crippen molar-refractivity contribution in [3.8, 4) is 5.88 Å². The number of fused-ring (bicyclic) bond motifs is 1. The third kappa shape index (κ3) is 2.45. The van der Waals surface area contributed by atoms with Crippen molar-refractivity contribution in [2.24, 2.45) is 0 Å². The second-order valence-corrected chi connectivity index (χ2v) is 4.02. The van der Waals surface area contributed by atoms with Crippen molar-refractivity contribution in [3.63, 3.8) is 0 Å². The SMILES string of the molecule is CC(C)Oc1ncnc2c1CCNCC2. The van der Waals surface area contributed by atoms with Crippen molar-refractivity contribution >= 4 is 0 Å². The average molecular weight is 207 g/mol. The van der Waals surface area contributed by atoms with Gasteiger partial charge in [0.15, 0.2) is 0 Å². The van der Waals surface area contributed by atoms with Gasteiger partial charge in [-0.1, -0.05) is 0 Å². The zero-order chi connectivity index (χ0) is 10.7. The molecule has 0 bridgehead atoms. The van der Waals surface area contributed by atoms with Gasteiger partial charge in [-0.25, -0.2) is 9.97 Å². The van der Waals surface area contributed by atoms with E-state index in [1.165, 1.54) is 5.56 Å². The molecule has 0 atom stereocenters. The van der Waals surface area contributed by atoms with Gasteiger partial charge in [-0.05, 0) is 26.8 Å². The van der Waals surface area contributed by atoms with E-state index in [1.807, 2.05) is 13.8 Å². The summed E-state index contributed by atoms with van der Waals surface area (Å²) in [5.41, 5.74) is 2.31. The highest BCUT2D eigenvalue weighted by Gasteiger charge is 2.15. The van der Waals surface area contributed by atoms with Gasteiger partial charge in [-0.3, -0.25) is 0 Å². The fraction of sp³-hybridized carbons (Fsp3) is 0.636. The summed E-state index contributed by atoms with van der Waals surface area (Å²) in [7, 11) is 0. The Morgan fingerprint density at radius 3 is 2.87 bits per heavy atom. The highest BCUT2D eigenvalue weighted by atomic mass is 16.5. The van der Waals surface area contributed by atoms with Crippen molar-refractivity contribution in [2.75, 3.05) is 13.1 Å². The lowest BCUT2D eigenvalue weighted by atomic mass is 10.1. The molecule has 1 aliphatic heterocycles. The van der Waals surface area contributed by atoms with Crippen molar-refractivity contribution < 1.29 is 4.74 Å². The molecule has 2 rings (SSSR count). The lowest BCUT2D eigenvalue weighted by Crippen LogP contribution is -2.16. The Morgan fingerprint density at radius 2 is 2.07 bits per heavy atom. The number of rotatable bonds is 2. The van der Waals surface area contributed by atoms with Gasteiger partial charge in [0.25, 0.3) is 0 Å². The van der Waals surface area contributed by atoms with Crippen molar-refractivity contribution in [2.45, 2.75) is 32.8 Å². The van der Waals surface area contributed by atoms with E-state index in [9.17, 15) is 0 Å². The van der Waals surface area contributed by atoms with Crippen LogP contribution in [0.25, 0.3) is 0 Å². The quantitative estimate of drug-likeness (QED) is 0.784. The number of aromatic nitrogens is 2. The molecule has 4 nitrogen and oxygen atoms in total. The van der Waals surface area contributed by atoms with Crippen molar-refractivity contribution in [1.29, 1.82) is 0 Å². The van der Waals surface area contributed by atoms with Crippen LogP contribution in [0.5, 0.6) is 5.88 Å². The summed E-state index contributed by atoms with van der Waals surface area (Å²) in [6.45, 7) is 6.01. The maximum Gasteiger partial charge on any atom is 0.220 e. The van der Waals surface area contributed by atoms with Crippen LogP contribution in [-0.2, 0) is 12.8 Å². The zero-order valence-electron chi connectivity index (χ0n) is 9.29. The number of ether oxygens (including phenoxy) is 1. The van der Waals surface area contributed by atoms with E-state index in [0.717, 1.165) is 37.5 Å². The topological polar surface area (TPSA) is 47.0 Å². The Bertz CT molecular complexity index is 339. The van der Waals surface area contributed by atoms with Crippen LogP contribution in [-0.4, -0.2) is 29.2 Å². The number of hydrogen-bond acceptors (Lipinski definition) is 4. The lowest BCUT2D eigenvalue weighted by Gasteiger charge is -2.13. The molecular formula is C11H17N3O. The van der Waals surface area contributed by atoms with Crippen LogP contribution in [0.3, 0.4) is 0 Å². The molecule has 82 valence electrons. The van der Waals surface area contributed by atoms with Crippen LogP contribution in [0.15, 0.2) is 6.33 Å². The van der Waals surface area contributed by atoms with Gasteiger partial charge in [-0.15, -0.1) is 0 Å². The fourth-order valence-corrected chi connectivity index (χ4v) is 1.77. The Hall–Kier alpha value is -1.16. The van der Waals surface area contributed by atoms with Gasteiger partial charge in [0.2, 0.25) is 5.88 Å². The molecular weight excluding hydrogens is 190 g/mol. The fourth-order valence-electron chi connectivity index (χ4n) is 1.77. The molecule has 0 saturated carbocycles. The molecule has 0 unspecified atom stereocenters. The summed E-state index contributed by atoms with van der Waals surface area (Å²) in [5, 5.41) is 3.35. The van der Waals surface area contributed by atoms with E-state index in [4.69, 9.17) is 4.74 Å². The smallest absolute Gasteiger partial charge is 0.220 e. The molecule has 1 N–H and O–H groups in total. The first-order valence-corrected chi connectivity index (χ1v) is 5.47. The monoisotopic (exact) mass is 207 g/mol. The minimum atomic E-state index is 0.167. The summed E-state index contributed by atoms with van der Waals surface area (Å²) < 4.78 is 5.69. The van der Waals surface area contributed by atoms with Gasteiger partial charge in [0, 0.05) is 18.5 Å². The van der Waals surface area contributed by atoms with Crippen LogP contribution in [0.4, 0.5) is 0 Å². The first-order valence-electron chi connectivity index (χ1n) is 5.47.